The van der Waals surface area contributed by atoms with Crippen molar-refractivity contribution >= 4 is 79.9 Å². The van der Waals surface area contributed by atoms with Gasteiger partial charge in [-0.3, -0.25) is 9.69 Å². The molecule has 4 nitrogen and oxygen atoms in total. The predicted octanol–water partition coefficient (Wildman–Crippen LogP) is 8.14. The highest BCUT2D eigenvalue weighted by Gasteiger charge is 2.33. The van der Waals surface area contributed by atoms with Gasteiger partial charge < -0.3 is 9.47 Å². The van der Waals surface area contributed by atoms with Crippen molar-refractivity contribution in [2.75, 3.05) is 12.0 Å². The third-order valence-electron chi connectivity index (χ3n) is 5.70. The normalized spacial score (nSPS) is 14.6. The number of carbonyl (C=O) groups is 1. The molecule has 0 aromatic heterocycles. The molecule has 0 atom stereocenters. The Morgan fingerprint density at radius 2 is 1.75 bits per heavy atom. The highest BCUT2D eigenvalue weighted by Crippen LogP contribution is 2.39. The lowest BCUT2D eigenvalue weighted by Gasteiger charge is -2.15. The molecular formula is C28H19Cl2NO3S2. The third kappa shape index (κ3) is 4.95. The molecule has 0 unspecified atom stereocenters. The van der Waals surface area contributed by atoms with E-state index in [0.717, 1.165) is 16.5 Å². The highest BCUT2D eigenvalue weighted by atomic mass is 35.5. The number of halogens is 2. The van der Waals surface area contributed by atoms with E-state index >= 15 is 0 Å². The fourth-order valence-electron chi connectivity index (χ4n) is 3.93. The quantitative estimate of drug-likeness (QED) is 0.178. The standard InChI is InChI=1S/C28H19Cl2NO3S2/c1-33-25-13-17(9-12-24(25)34-16-19-7-4-6-18-5-2-3-8-21(18)19)14-26-27(32)31(28(35)36-26)20-10-11-22(29)23(30)15-20/h2-15H,16H2,1H3/b26-14-. The highest BCUT2D eigenvalue weighted by molar-refractivity contribution is 8.27. The summed E-state index contributed by atoms with van der Waals surface area (Å²) in [5.41, 5.74) is 2.45. The Hall–Kier alpha value is -3.03. The van der Waals surface area contributed by atoms with E-state index in [2.05, 4.69) is 24.3 Å². The first-order valence-corrected chi connectivity index (χ1v) is 12.9. The van der Waals surface area contributed by atoms with Crippen LogP contribution in [0.4, 0.5) is 5.69 Å². The molecule has 1 fully saturated rings. The van der Waals surface area contributed by atoms with Crippen molar-refractivity contribution in [3.8, 4) is 11.5 Å². The summed E-state index contributed by atoms with van der Waals surface area (Å²) in [5.74, 6) is 0.966. The van der Waals surface area contributed by atoms with Crippen LogP contribution < -0.4 is 14.4 Å². The Balaban J connectivity index is 1.36. The number of anilines is 1. The van der Waals surface area contributed by atoms with Gasteiger partial charge in [0.1, 0.15) is 6.61 Å². The lowest BCUT2D eigenvalue weighted by Crippen LogP contribution is -2.27. The minimum atomic E-state index is -0.223. The Bertz CT molecular complexity index is 1530. The van der Waals surface area contributed by atoms with Crippen LogP contribution in [0.2, 0.25) is 10.0 Å². The first-order chi connectivity index (χ1) is 17.4. The summed E-state index contributed by atoms with van der Waals surface area (Å²) in [5, 5.41) is 3.09. The van der Waals surface area contributed by atoms with Gasteiger partial charge in [-0.05, 0) is 58.3 Å². The van der Waals surface area contributed by atoms with E-state index in [9.17, 15) is 4.79 Å². The molecule has 8 heteroatoms. The number of nitrogens with zero attached hydrogens (tertiary/aromatic N) is 1. The molecular weight excluding hydrogens is 533 g/mol. The number of carbonyl (C=O) groups excluding carboxylic acids is 1. The second kappa shape index (κ2) is 10.5. The van der Waals surface area contributed by atoms with Crippen LogP contribution >= 0.6 is 47.2 Å². The predicted molar refractivity (Wildman–Crippen MR) is 153 cm³/mol. The molecule has 4 aromatic carbocycles. The summed E-state index contributed by atoms with van der Waals surface area (Å²) in [6.07, 6.45) is 1.79. The minimum Gasteiger partial charge on any atom is -0.493 e. The van der Waals surface area contributed by atoms with E-state index in [4.69, 9.17) is 44.9 Å². The SMILES string of the molecule is COc1cc(/C=C2\SC(=S)N(c3ccc(Cl)c(Cl)c3)C2=O)ccc1OCc1cccc2ccccc12. The summed E-state index contributed by atoms with van der Waals surface area (Å²) in [6.45, 7) is 0.402. The summed E-state index contributed by atoms with van der Waals surface area (Å²) >= 11 is 18.8. The van der Waals surface area contributed by atoms with E-state index in [0.29, 0.717) is 43.1 Å². The largest absolute Gasteiger partial charge is 0.493 e. The average molecular weight is 553 g/mol. The number of benzene rings is 4. The van der Waals surface area contributed by atoms with Crippen LogP contribution in [-0.4, -0.2) is 17.3 Å². The van der Waals surface area contributed by atoms with Gasteiger partial charge in [-0.2, -0.15) is 0 Å². The molecule has 0 aliphatic carbocycles. The third-order valence-corrected chi connectivity index (χ3v) is 7.74. The molecule has 1 heterocycles. The van der Waals surface area contributed by atoms with Gasteiger partial charge in [0.15, 0.2) is 15.8 Å². The maximum Gasteiger partial charge on any atom is 0.270 e. The zero-order chi connectivity index (χ0) is 25.2. The second-order valence-electron chi connectivity index (χ2n) is 7.95. The minimum absolute atomic E-state index is 0.223. The molecule has 1 amide bonds. The van der Waals surface area contributed by atoms with Crippen molar-refractivity contribution in [2.24, 2.45) is 0 Å². The lowest BCUT2D eigenvalue weighted by atomic mass is 10.1. The molecule has 180 valence electrons. The number of thiocarbonyl (C=S) groups is 1. The van der Waals surface area contributed by atoms with E-state index in [1.807, 2.05) is 36.4 Å². The molecule has 0 radical (unpaired) electrons. The van der Waals surface area contributed by atoms with E-state index in [1.54, 1.807) is 31.4 Å². The van der Waals surface area contributed by atoms with Crippen LogP contribution in [0.3, 0.4) is 0 Å². The maximum atomic E-state index is 13.1. The topological polar surface area (TPSA) is 38.8 Å². The Labute approximate surface area is 228 Å². The number of ether oxygens (including phenoxy) is 2. The molecule has 36 heavy (non-hydrogen) atoms. The van der Waals surface area contributed by atoms with Crippen molar-refractivity contribution < 1.29 is 14.3 Å². The van der Waals surface area contributed by atoms with Gasteiger partial charge >= 0.3 is 0 Å². The first kappa shape index (κ1) is 24.7. The van der Waals surface area contributed by atoms with Crippen molar-refractivity contribution in [2.45, 2.75) is 6.61 Å². The van der Waals surface area contributed by atoms with Gasteiger partial charge in [-0.15, -0.1) is 0 Å². The molecule has 5 rings (SSSR count). The second-order valence-corrected chi connectivity index (χ2v) is 10.4. The Kier molecular flexibility index (Phi) is 7.21. The van der Waals surface area contributed by atoms with Crippen LogP contribution in [0.25, 0.3) is 16.8 Å². The zero-order valence-electron chi connectivity index (χ0n) is 19.0. The van der Waals surface area contributed by atoms with E-state index < -0.39 is 0 Å². The van der Waals surface area contributed by atoms with E-state index in [-0.39, 0.29) is 5.91 Å². The fraction of sp³-hybridized carbons (Fsp3) is 0.0714. The first-order valence-electron chi connectivity index (χ1n) is 10.9. The van der Waals surface area contributed by atoms with Crippen molar-refractivity contribution in [3.05, 3.63) is 105 Å². The molecule has 4 aromatic rings. The number of hydrogen-bond acceptors (Lipinski definition) is 5. The number of thioether (sulfide) groups is 1. The molecule has 0 saturated carbocycles. The van der Waals surface area contributed by atoms with Gasteiger partial charge in [0.25, 0.3) is 5.91 Å². The average Bonchev–Trinajstić information content (AvgIpc) is 3.17. The monoisotopic (exact) mass is 551 g/mol. The van der Waals surface area contributed by atoms with Crippen LogP contribution in [0.15, 0.2) is 83.8 Å². The molecule has 0 bridgehead atoms. The summed E-state index contributed by atoms with van der Waals surface area (Å²) in [4.78, 5) is 15.1. The maximum absolute atomic E-state index is 13.1. The molecule has 0 N–H and O–H groups in total. The van der Waals surface area contributed by atoms with Gasteiger partial charge in [0.05, 0.1) is 27.7 Å². The van der Waals surface area contributed by atoms with Crippen LogP contribution in [0, 0.1) is 0 Å². The van der Waals surface area contributed by atoms with Crippen molar-refractivity contribution in [1.29, 1.82) is 0 Å². The fourth-order valence-corrected chi connectivity index (χ4v) is 5.52. The number of hydrogen-bond donors (Lipinski definition) is 0. The van der Waals surface area contributed by atoms with Crippen LogP contribution in [0.1, 0.15) is 11.1 Å². The van der Waals surface area contributed by atoms with Crippen LogP contribution in [-0.2, 0) is 11.4 Å². The van der Waals surface area contributed by atoms with Gasteiger partial charge in [0, 0.05) is 0 Å². The van der Waals surface area contributed by atoms with Gasteiger partial charge in [-0.1, -0.05) is 95.7 Å². The molecule has 1 saturated heterocycles. The van der Waals surface area contributed by atoms with Gasteiger partial charge in [0.2, 0.25) is 0 Å². The molecule has 0 spiro atoms. The smallest absolute Gasteiger partial charge is 0.270 e. The summed E-state index contributed by atoms with van der Waals surface area (Å²) in [7, 11) is 1.59. The van der Waals surface area contributed by atoms with Gasteiger partial charge in [-0.25, -0.2) is 0 Å². The summed E-state index contributed by atoms with van der Waals surface area (Å²) in [6, 6.07) is 24.9. The number of methoxy groups -OCH3 is 1. The molecule has 1 aliphatic heterocycles. The number of fused-ring (bicyclic) bond motifs is 1. The zero-order valence-corrected chi connectivity index (χ0v) is 22.2. The van der Waals surface area contributed by atoms with Crippen molar-refractivity contribution in [3.63, 3.8) is 0 Å². The van der Waals surface area contributed by atoms with Crippen molar-refractivity contribution in [1.82, 2.24) is 0 Å². The summed E-state index contributed by atoms with van der Waals surface area (Å²) < 4.78 is 12.1. The molecule has 1 aliphatic rings. The number of rotatable bonds is 6. The number of amides is 1. The Morgan fingerprint density at radius 1 is 0.944 bits per heavy atom. The Morgan fingerprint density at radius 3 is 2.56 bits per heavy atom. The van der Waals surface area contributed by atoms with E-state index in [1.165, 1.54) is 22.0 Å². The lowest BCUT2D eigenvalue weighted by molar-refractivity contribution is -0.113. The van der Waals surface area contributed by atoms with Crippen LogP contribution in [0.5, 0.6) is 11.5 Å².